The van der Waals surface area contributed by atoms with Gasteiger partial charge in [-0.1, -0.05) is 45.4 Å². The van der Waals surface area contributed by atoms with Gasteiger partial charge in [0.2, 0.25) is 0 Å². The molecule has 0 saturated carbocycles. The Labute approximate surface area is 110 Å². The van der Waals surface area contributed by atoms with E-state index in [1.54, 1.807) is 0 Å². The Kier molecular flexibility index (Phi) is 10.8. The van der Waals surface area contributed by atoms with Crippen molar-refractivity contribution < 1.29 is 22.3 Å². The summed E-state index contributed by atoms with van der Waals surface area (Å²) in [7, 11) is 0. The second-order valence-electron chi connectivity index (χ2n) is 2.42. The van der Waals surface area contributed by atoms with Crippen LogP contribution < -0.4 is 4.74 Å². The summed E-state index contributed by atoms with van der Waals surface area (Å²) in [5, 5.41) is 0.132. The van der Waals surface area contributed by atoms with E-state index in [0.29, 0.717) is 0 Å². The third-order valence-electron chi connectivity index (χ3n) is 1.30. The summed E-state index contributed by atoms with van der Waals surface area (Å²) in [5.74, 6) is -0.400. The Balaban J connectivity index is 0. The summed E-state index contributed by atoms with van der Waals surface area (Å²) < 4.78 is 51.9. The van der Waals surface area contributed by atoms with Gasteiger partial charge in [-0.2, -0.15) is 17.6 Å². The van der Waals surface area contributed by atoms with Crippen LogP contribution in [0.1, 0.15) is 27.7 Å². The minimum Gasteiger partial charge on any atom is -0.428 e. The SMILES string of the molecule is CC.CC.FC(F)C(F)(F)Oc1cccc(Cl)c1. The zero-order valence-corrected chi connectivity index (χ0v) is 11.4. The van der Waals surface area contributed by atoms with Gasteiger partial charge in [0.15, 0.2) is 0 Å². The van der Waals surface area contributed by atoms with E-state index in [1.807, 2.05) is 27.7 Å². The number of rotatable bonds is 3. The third kappa shape index (κ3) is 7.37. The molecule has 0 saturated heterocycles. The molecule has 0 heterocycles. The van der Waals surface area contributed by atoms with E-state index in [1.165, 1.54) is 12.1 Å². The summed E-state index contributed by atoms with van der Waals surface area (Å²) in [4.78, 5) is 0. The van der Waals surface area contributed by atoms with Crippen molar-refractivity contribution in [2.45, 2.75) is 40.2 Å². The van der Waals surface area contributed by atoms with Gasteiger partial charge in [-0.05, 0) is 18.2 Å². The quantitative estimate of drug-likeness (QED) is 0.655. The van der Waals surface area contributed by atoms with Crippen LogP contribution in [0.4, 0.5) is 17.6 Å². The van der Waals surface area contributed by atoms with Gasteiger partial charge in [0.25, 0.3) is 0 Å². The topological polar surface area (TPSA) is 9.23 Å². The first-order chi connectivity index (χ1) is 8.42. The normalized spacial score (nSPS) is 9.89. The molecule has 0 aliphatic carbocycles. The molecule has 0 radical (unpaired) electrons. The average Bonchev–Trinajstić information content (AvgIpc) is 2.33. The Hall–Kier alpha value is -0.970. The van der Waals surface area contributed by atoms with E-state index < -0.39 is 18.3 Å². The van der Waals surface area contributed by atoms with Gasteiger partial charge in [0, 0.05) is 5.02 Å². The molecule has 0 spiro atoms. The second kappa shape index (κ2) is 10.00. The molecule has 0 amide bonds. The van der Waals surface area contributed by atoms with Gasteiger partial charge in [-0.3, -0.25) is 0 Å². The van der Waals surface area contributed by atoms with Crippen LogP contribution in [0.5, 0.6) is 5.75 Å². The van der Waals surface area contributed by atoms with E-state index >= 15 is 0 Å². The largest absolute Gasteiger partial charge is 0.461 e. The second-order valence-corrected chi connectivity index (χ2v) is 2.86. The summed E-state index contributed by atoms with van der Waals surface area (Å²) in [6, 6.07) is 4.87. The maximum absolute atomic E-state index is 12.3. The van der Waals surface area contributed by atoms with Crippen molar-refractivity contribution in [1.82, 2.24) is 0 Å². The monoisotopic (exact) mass is 288 g/mol. The lowest BCUT2D eigenvalue weighted by Crippen LogP contribution is -2.33. The van der Waals surface area contributed by atoms with Crippen LogP contribution in [0.2, 0.25) is 5.02 Å². The van der Waals surface area contributed by atoms with Crippen LogP contribution in [0.3, 0.4) is 0 Å². The van der Waals surface area contributed by atoms with Crippen molar-refractivity contribution >= 4 is 11.6 Å². The first kappa shape index (κ1) is 19.4. The summed E-state index contributed by atoms with van der Waals surface area (Å²) in [6.07, 6.45) is -8.37. The molecule has 1 aromatic carbocycles. The third-order valence-corrected chi connectivity index (χ3v) is 1.54. The number of hydrogen-bond acceptors (Lipinski definition) is 1. The van der Waals surface area contributed by atoms with Crippen LogP contribution in [0.25, 0.3) is 0 Å². The molecule has 0 aliphatic rings. The van der Waals surface area contributed by atoms with E-state index in [2.05, 4.69) is 4.74 Å². The number of halogens is 5. The van der Waals surface area contributed by atoms with Gasteiger partial charge in [-0.25, -0.2) is 0 Å². The molecule has 0 bridgehead atoms. The fraction of sp³-hybridized carbons (Fsp3) is 0.500. The molecule has 0 aromatic heterocycles. The molecule has 0 fully saturated rings. The molecule has 0 aliphatic heterocycles. The fourth-order valence-corrected chi connectivity index (χ4v) is 0.912. The highest BCUT2D eigenvalue weighted by molar-refractivity contribution is 6.30. The highest BCUT2D eigenvalue weighted by Gasteiger charge is 2.43. The lowest BCUT2D eigenvalue weighted by atomic mass is 10.3. The highest BCUT2D eigenvalue weighted by atomic mass is 35.5. The number of ether oxygens (including phenoxy) is 1. The molecular formula is C12H17ClF4O. The smallest absolute Gasteiger partial charge is 0.428 e. The summed E-state index contributed by atoms with van der Waals surface area (Å²) >= 11 is 5.44. The lowest BCUT2D eigenvalue weighted by Gasteiger charge is -2.16. The minimum atomic E-state index is -4.50. The van der Waals surface area contributed by atoms with Gasteiger partial charge in [-0.15, -0.1) is 0 Å². The Bertz CT molecular complexity index is 319. The van der Waals surface area contributed by atoms with Crippen molar-refractivity contribution in [1.29, 1.82) is 0 Å². The van der Waals surface area contributed by atoms with E-state index in [4.69, 9.17) is 11.6 Å². The molecule has 1 aromatic rings. The molecule has 1 nitrogen and oxygen atoms in total. The van der Waals surface area contributed by atoms with Crippen molar-refractivity contribution in [3.05, 3.63) is 29.3 Å². The average molecular weight is 289 g/mol. The zero-order valence-electron chi connectivity index (χ0n) is 10.7. The van der Waals surface area contributed by atoms with Gasteiger partial charge in [0.1, 0.15) is 5.75 Å². The first-order valence-electron chi connectivity index (χ1n) is 5.52. The molecule has 1 rings (SSSR count). The van der Waals surface area contributed by atoms with Crippen molar-refractivity contribution in [3.8, 4) is 5.75 Å². The van der Waals surface area contributed by atoms with Crippen molar-refractivity contribution in [2.75, 3.05) is 0 Å². The molecule has 0 atom stereocenters. The van der Waals surface area contributed by atoms with Gasteiger partial charge >= 0.3 is 12.5 Å². The number of benzene rings is 1. The van der Waals surface area contributed by atoms with Crippen molar-refractivity contribution in [3.63, 3.8) is 0 Å². The summed E-state index contributed by atoms with van der Waals surface area (Å²) in [5.41, 5.74) is 0. The molecule has 6 heteroatoms. The Morgan fingerprint density at radius 3 is 2.00 bits per heavy atom. The Morgan fingerprint density at radius 2 is 1.61 bits per heavy atom. The van der Waals surface area contributed by atoms with Crippen LogP contribution in [-0.2, 0) is 0 Å². The standard InChI is InChI=1S/C8H5ClF4O.2C2H6/c9-5-2-1-3-6(4-5)14-8(12,13)7(10)11;2*1-2/h1-4,7H;2*1-2H3. The maximum Gasteiger partial charge on any atom is 0.461 e. The van der Waals surface area contributed by atoms with Crippen LogP contribution >= 0.6 is 11.6 Å². The fourth-order valence-electron chi connectivity index (χ4n) is 0.732. The maximum atomic E-state index is 12.3. The molecule has 0 unspecified atom stereocenters. The predicted molar refractivity (Wildman–Crippen MR) is 65.7 cm³/mol. The minimum absolute atomic E-state index is 0.132. The first-order valence-corrected chi connectivity index (χ1v) is 5.90. The summed E-state index contributed by atoms with van der Waals surface area (Å²) in [6.45, 7) is 8.00. The van der Waals surface area contributed by atoms with Crippen LogP contribution in [0.15, 0.2) is 24.3 Å². The Morgan fingerprint density at radius 1 is 1.11 bits per heavy atom. The van der Waals surface area contributed by atoms with Gasteiger partial charge < -0.3 is 4.74 Å². The van der Waals surface area contributed by atoms with Crippen LogP contribution in [0, 0.1) is 0 Å². The van der Waals surface area contributed by atoms with E-state index in [9.17, 15) is 17.6 Å². The zero-order chi connectivity index (χ0) is 14.8. The molecule has 18 heavy (non-hydrogen) atoms. The number of alkyl halides is 4. The molecular weight excluding hydrogens is 272 g/mol. The lowest BCUT2D eigenvalue weighted by molar-refractivity contribution is -0.253. The van der Waals surface area contributed by atoms with Crippen LogP contribution in [-0.4, -0.2) is 12.5 Å². The van der Waals surface area contributed by atoms with Crippen molar-refractivity contribution in [2.24, 2.45) is 0 Å². The highest BCUT2D eigenvalue weighted by Crippen LogP contribution is 2.28. The van der Waals surface area contributed by atoms with Gasteiger partial charge in [0.05, 0.1) is 0 Å². The molecule has 0 N–H and O–H groups in total. The van der Waals surface area contributed by atoms with E-state index in [-0.39, 0.29) is 5.02 Å². The number of hydrogen-bond donors (Lipinski definition) is 0. The molecule has 106 valence electrons. The predicted octanol–water partition coefficient (Wildman–Crippen LogP) is 5.63. The van der Waals surface area contributed by atoms with E-state index in [0.717, 1.165) is 12.1 Å².